The van der Waals surface area contributed by atoms with Gasteiger partial charge in [0.25, 0.3) is 0 Å². The van der Waals surface area contributed by atoms with Gasteiger partial charge in [-0.2, -0.15) is 0 Å². The molecule has 0 aliphatic carbocycles. The van der Waals surface area contributed by atoms with Crippen LogP contribution < -0.4 is 5.32 Å². The number of nitrogens with zero attached hydrogens (tertiary/aromatic N) is 1. The number of carbonyl (C=O) groups is 2. The third-order valence-electron chi connectivity index (χ3n) is 3.23. The fraction of sp³-hybridized carbons (Fsp3) is 0.800. The molecular formula is C10H16N2O3. The Labute approximate surface area is 88.4 Å². The predicted molar refractivity (Wildman–Crippen MR) is 53.0 cm³/mol. The van der Waals surface area contributed by atoms with E-state index < -0.39 is 5.60 Å². The highest BCUT2D eigenvalue weighted by atomic mass is 16.3. The summed E-state index contributed by atoms with van der Waals surface area (Å²) in [5.41, 5.74) is -0.696. The van der Waals surface area contributed by atoms with Gasteiger partial charge in [-0.25, -0.2) is 0 Å². The predicted octanol–water partition coefficient (Wildman–Crippen LogP) is -0.752. The fourth-order valence-electron chi connectivity index (χ4n) is 2.06. The molecule has 1 unspecified atom stereocenters. The minimum absolute atomic E-state index is 0.0559. The van der Waals surface area contributed by atoms with Crippen molar-refractivity contribution in [2.24, 2.45) is 0 Å². The zero-order valence-electron chi connectivity index (χ0n) is 8.82. The van der Waals surface area contributed by atoms with Crippen molar-refractivity contribution in [3.05, 3.63) is 0 Å². The molecule has 0 aromatic carbocycles. The summed E-state index contributed by atoms with van der Waals surface area (Å²) in [6.07, 6.45) is 1.68. The van der Waals surface area contributed by atoms with E-state index in [-0.39, 0.29) is 17.9 Å². The Morgan fingerprint density at radius 2 is 2.33 bits per heavy atom. The molecule has 0 bridgehead atoms. The van der Waals surface area contributed by atoms with Gasteiger partial charge in [0.2, 0.25) is 11.8 Å². The van der Waals surface area contributed by atoms with E-state index in [0.29, 0.717) is 32.4 Å². The van der Waals surface area contributed by atoms with Crippen molar-refractivity contribution >= 4 is 11.8 Å². The van der Waals surface area contributed by atoms with Crippen LogP contribution in [0.5, 0.6) is 0 Å². The van der Waals surface area contributed by atoms with E-state index >= 15 is 0 Å². The summed E-state index contributed by atoms with van der Waals surface area (Å²) in [6.45, 7) is 2.70. The first kappa shape index (κ1) is 10.4. The topological polar surface area (TPSA) is 69.6 Å². The second-order valence-electron chi connectivity index (χ2n) is 4.43. The van der Waals surface area contributed by atoms with E-state index in [1.54, 1.807) is 4.90 Å². The number of hydrogen-bond donors (Lipinski definition) is 2. The lowest BCUT2D eigenvalue weighted by Gasteiger charge is -2.46. The van der Waals surface area contributed by atoms with Gasteiger partial charge in [0, 0.05) is 6.42 Å². The second kappa shape index (κ2) is 3.48. The maximum absolute atomic E-state index is 11.8. The van der Waals surface area contributed by atoms with Gasteiger partial charge >= 0.3 is 0 Å². The zero-order chi connectivity index (χ0) is 11.1. The molecule has 2 rings (SSSR count). The average molecular weight is 212 g/mol. The molecule has 84 valence electrons. The molecule has 5 nitrogen and oxygen atoms in total. The summed E-state index contributed by atoms with van der Waals surface area (Å²) in [7, 11) is 0. The van der Waals surface area contributed by atoms with Crippen molar-refractivity contribution in [3.63, 3.8) is 0 Å². The van der Waals surface area contributed by atoms with Gasteiger partial charge in [0.05, 0.1) is 18.7 Å². The standard InChI is InChI=1S/C10H16N2O3/c1-2-10(15)5-12(6-10)9(14)7-3-4-8(13)11-7/h7,15H,2-6H2,1H3,(H,11,13). The normalized spacial score (nSPS) is 28.5. The molecule has 15 heavy (non-hydrogen) atoms. The van der Waals surface area contributed by atoms with Crippen LogP contribution in [0.2, 0.25) is 0 Å². The smallest absolute Gasteiger partial charge is 0.245 e. The van der Waals surface area contributed by atoms with Crippen LogP contribution in [0.15, 0.2) is 0 Å². The lowest BCUT2D eigenvalue weighted by molar-refractivity contribution is -0.157. The third-order valence-corrected chi connectivity index (χ3v) is 3.23. The van der Waals surface area contributed by atoms with Crippen molar-refractivity contribution < 1.29 is 14.7 Å². The summed E-state index contributed by atoms with van der Waals surface area (Å²) in [5, 5.41) is 12.4. The summed E-state index contributed by atoms with van der Waals surface area (Å²) >= 11 is 0. The molecule has 0 spiro atoms. The molecule has 1 atom stereocenters. The highest BCUT2D eigenvalue weighted by Gasteiger charge is 2.44. The van der Waals surface area contributed by atoms with Gasteiger partial charge < -0.3 is 15.3 Å². The van der Waals surface area contributed by atoms with E-state index in [9.17, 15) is 14.7 Å². The summed E-state index contributed by atoms with van der Waals surface area (Å²) in [5.74, 6) is -0.112. The van der Waals surface area contributed by atoms with Gasteiger partial charge in [-0.1, -0.05) is 6.92 Å². The van der Waals surface area contributed by atoms with Gasteiger partial charge in [0.1, 0.15) is 6.04 Å². The molecule has 0 aromatic rings. The Kier molecular flexibility index (Phi) is 2.42. The van der Waals surface area contributed by atoms with E-state index in [4.69, 9.17) is 0 Å². The Balaban J connectivity index is 1.86. The maximum Gasteiger partial charge on any atom is 0.245 e. The van der Waals surface area contributed by atoms with Crippen LogP contribution in [-0.4, -0.2) is 46.6 Å². The molecule has 0 radical (unpaired) electrons. The van der Waals surface area contributed by atoms with Crippen molar-refractivity contribution in [2.45, 2.75) is 37.8 Å². The first-order valence-corrected chi connectivity index (χ1v) is 5.34. The second-order valence-corrected chi connectivity index (χ2v) is 4.43. The number of amides is 2. The highest BCUT2D eigenvalue weighted by Crippen LogP contribution is 2.25. The summed E-state index contributed by atoms with van der Waals surface area (Å²) in [4.78, 5) is 24.3. The van der Waals surface area contributed by atoms with Crippen molar-refractivity contribution in [1.82, 2.24) is 10.2 Å². The Hall–Kier alpha value is -1.10. The number of rotatable bonds is 2. The molecule has 2 heterocycles. The monoisotopic (exact) mass is 212 g/mol. The Bertz CT molecular complexity index is 297. The van der Waals surface area contributed by atoms with E-state index in [1.807, 2.05) is 6.92 Å². The van der Waals surface area contributed by atoms with Crippen LogP contribution >= 0.6 is 0 Å². The van der Waals surface area contributed by atoms with Crippen LogP contribution in [-0.2, 0) is 9.59 Å². The van der Waals surface area contributed by atoms with Crippen LogP contribution in [0.25, 0.3) is 0 Å². The SMILES string of the molecule is CCC1(O)CN(C(=O)C2CCC(=O)N2)C1. The number of nitrogens with one attached hydrogen (secondary N) is 1. The number of hydrogen-bond acceptors (Lipinski definition) is 3. The molecular weight excluding hydrogens is 196 g/mol. The van der Waals surface area contributed by atoms with Gasteiger partial charge in [-0.05, 0) is 12.8 Å². The van der Waals surface area contributed by atoms with Crippen LogP contribution in [0.1, 0.15) is 26.2 Å². The molecule has 0 aromatic heterocycles. The Morgan fingerprint density at radius 1 is 1.67 bits per heavy atom. The zero-order valence-corrected chi connectivity index (χ0v) is 8.82. The summed E-state index contributed by atoms with van der Waals surface area (Å²) < 4.78 is 0. The van der Waals surface area contributed by atoms with Crippen molar-refractivity contribution in [3.8, 4) is 0 Å². The molecule has 2 fully saturated rings. The molecule has 2 N–H and O–H groups in total. The van der Waals surface area contributed by atoms with E-state index in [1.165, 1.54) is 0 Å². The molecule has 5 heteroatoms. The van der Waals surface area contributed by atoms with Crippen LogP contribution in [0.4, 0.5) is 0 Å². The lowest BCUT2D eigenvalue weighted by Crippen LogP contribution is -2.65. The van der Waals surface area contributed by atoms with Crippen LogP contribution in [0.3, 0.4) is 0 Å². The first-order valence-electron chi connectivity index (χ1n) is 5.34. The lowest BCUT2D eigenvalue weighted by atomic mass is 9.90. The highest BCUT2D eigenvalue weighted by molar-refractivity contribution is 5.91. The van der Waals surface area contributed by atoms with E-state index in [2.05, 4.69) is 5.32 Å². The molecule has 2 saturated heterocycles. The molecule has 2 aliphatic heterocycles. The molecule has 0 saturated carbocycles. The Morgan fingerprint density at radius 3 is 2.80 bits per heavy atom. The van der Waals surface area contributed by atoms with E-state index in [0.717, 1.165) is 0 Å². The van der Waals surface area contributed by atoms with Gasteiger partial charge in [0.15, 0.2) is 0 Å². The first-order chi connectivity index (χ1) is 7.04. The number of β-amino-alcohol motifs (C(OH)–C–C–N with tert-alkyl or cyclic N) is 1. The minimum Gasteiger partial charge on any atom is -0.386 e. The molecule has 2 aliphatic rings. The van der Waals surface area contributed by atoms with Crippen molar-refractivity contribution in [1.29, 1.82) is 0 Å². The quantitative estimate of drug-likeness (QED) is 0.632. The van der Waals surface area contributed by atoms with Gasteiger partial charge in [-0.15, -0.1) is 0 Å². The average Bonchev–Trinajstić information content (AvgIpc) is 2.59. The van der Waals surface area contributed by atoms with Crippen LogP contribution in [0, 0.1) is 0 Å². The fourth-order valence-corrected chi connectivity index (χ4v) is 2.06. The molecule has 2 amide bonds. The largest absolute Gasteiger partial charge is 0.386 e. The maximum atomic E-state index is 11.8. The number of aliphatic hydroxyl groups is 1. The summed E-state index contributed by atoms with van der Waals surface area (Å²) in [6, 6.07) is -0.362. The van der Waals surface area contributed by atoms with Gasteiger partial charge in [-0.3, -0.25) is 9.59 Å². The number of carbonyl (C=O) groups excluding carboxylic acids is 2. The van der Waals surface area contributed by atoms with Crippen molar-refractivity contribution in [2.75, 3.05) is 13.1 Å². The number of likely N-dealkylation sites (tertiary alicyclic amines) is 1. The minimum atomic E-state index is -0.696. The third kappa shape index (κ3) is 1.84.